The molecule has 0 spiro atoms. The van der Waals surface area contributed by atoms with Gasteiger partial charge in [0.25, 0.3) is 0 Å². The van der Waals surface area contributed by atoms with Gasteiger partial charge in [0.1, 0.15) is 4.60 Å². The molecule has 2 nitrogen and oxygen atoms in total. The van der Waals surface area contributed by atoms with Crippen LogP contribution in [0.25, 0.3) is 0 Å². The molecule has 0 saturated carbocycles. The Morgan fingerprint density at radius 1 is 1.58 bits per heavy atom. The van der Waals surface area contributed by atoms with Crippen molar-refractivity contribution in [3.63, 3.8) is 0 Å². The highest BCUT2D eigenvalue weighted by molar-refractivity contribution is 9.10. The number of rotatable bonds is 3. The molecule has 1 aromatic rings. The lowest BCUT2D eigenvalue weighted by Gasteiger charge is -2.02. The number of aryl methyl sites for hydroxylation is 1. The van der Waals surface area contributed by atoms with Crippen LogP contribution in [0.1, 0.15) is 18.3 Å². The van der Waals surface area contributed by atoms with Crippen LogP contribution in [0, 0.1) is 0 Å². The van der Waals surface area contributed by atoms with E-state index >= 15 is 0 Å². The summed E-state index contributed by atoms with van der Waals surface area (Å²) in [5, 5.41) is 0. The minimum absolute atomic E-state index is 0.795. The van der Waals surface area contributed by atoms with Gasteiger partial charge in [-0.2, -0.15) is 0 Å². The average Bonchev–Trinajstić information content (AvgIpc) is 2.08. The molecule has 0 fully saturated rings. The first-order chi connectivity index (χ1) is 5.77. The zero-order valence-corrected chi connectivity index (χ0v) is 8.63. The van der Waals surface area contributed by atoms with E-state index in [0.29, 0.717) is 0 Å². The molecule has 0 radical (unpaired) electrons. The molecule has 0 aliphatic carbocycles. The van der Waals surface area contributed by atoms with Gasteiger partial charge in [0.15, 0.2) is 0 Å². The Kier molecular flexibility index (Phi) is 3.41. The first-order valence-electron chi connectivity index (χ1n) is 3.89. The quantitative estimate of drug-likeness (QED) is 0.741. The smallest absolute Gasteiger partial charge is 0.124 e. The Balaban J connectivity index is 3.01. The van der Waals surface area contributed by atoms with Gasteiger partial charge in [-0.3, -0.25) is 4.98 Å². The van der Waals surface area contributed by atoms with Crippen molar-refractivity contribution in [1.82, 2.24) is 9.97 Å². The van der Waals surface area contributed by atoms with Crippen LogP contribution in [0.3, 0.4) is 0 Å². The standard InChI is InChI=1S/C9H11BrN2/c1-3-5-8-7(4-2)12-9(10)6-11-8/h3,6H,1,4-5H2,2H3. The third-order valence-corrected chi connectivity index (χ3v) is 1.96. The Morgan fingerprint density at radius 2 is 2.33 bits per heavy atom. The summed E-state index contributed by atoms with van der Waals surface area (Å²) in [5.41, 5.74) is 2.07. The first-order valence-corrected chi connectivity index (χ1v) is 4.68. The van der Waals surface area contributed by atoms with Crippen LogP contribution in [0.15, 0.2) is 23.5 Å². The van der Waals surface area contributed by atoms with Gasteiger partial charge in [0.05, 0.1) is 17.6 Å². The van der Waals surface area contributed by atoms with Crippen molar-refractivity contribution in [3.8, 4) is 0 Å². The first kappa shape index (κ1) is 9.39. The van der Waals surface area contributed by atoms with Crippen molar-refractivity contribution >= 4 is 15.9 Å². The van der Waals surface area contributed by atoms with Crippen LogP contribution in [0.2, 0.25) is 0 Å². The molecule has 0 atom stereocenters. The normalized spacial score (nSPS) is 9.83. The molecule has 1 heterocycles. The Morgan fingerprint density at radius 3 is 2.92 bits per heavy atom. The Bertz CT molecular complexity index is 284. The van der Waals surface area contributed by atoms with Crippen LogP contribution in [0.5, 0.6) is 0 Å². The molecule has 0 saturated heterocycles. The second-order valence-corrected chi connectivity index (χ2v) is 3.24. The largest absolute Gasteiger partial charge is 0.256 e. The number of allylic oxidation sites excluding steroid dienone is 1. The Labute approximate surface area is 80.9 Å². The van der Waals surface area contributed by atoms with Crippen LogP contribution in [-0.4, -0.2) is 9.97 Å². The zero-order chi connectivity index (χ0) is 8.97. The summed E-state index contributed by atoms with van der Waals surface area (Å²) in [7, 11) is 0. The van der Waals surface area contributed by atoms with E-state index in [-0.39, 0.29) is 0 Å². The highest BCUT2D eigenvalue weighted by Gasteiger charge is 2.02. The van der Waals surface area contributed by atoms with Crippen LogP contribution < -0.4 is 0 Å². The van der Waals surface area contributed by atoms with E-state index in [1.807, 2.05) is 6.08 Å². The third-order valence-electron chi connectivity index (χ3n) is 1.57. The molecule has 0 bridgehead atoms. The van der Waals surface area contributed by atoms with Gasteiger partial charge in [-0.1, -0.05) is 13.0 Å². The van der Waals surface area contributed by atoms with E-state index in [1.165, 1.54) is 0 Å². The molecular formula is C9H11BrN2. The lowest BCUT2D eigenvalue weighted by Crippen LogP contribution is -1.99. The maximum atomic E-state index is 4.32. The fourth-order valence-corrected chi connectivity index (χ4v) is 1.33. The van der Waals surface area contributed by atoms with Crippen molar-refractivity contribution in [1.29, 1.82) is 0 Å². The van der Waals surface area contributed by atoms with Gasteiger partial charge >= 0.3 is 0 Å². The molecule has 1 aromatic heterocycles. The summed E-state index contributed by atoms with van der Waals surface area (Å²) in [6.45, 7) is 5.75. The number of aromatic nitrogens is 2. The van der Waals surface area contributed by atoms with E-state index in [4.69, 9.17) is 0 Å². The van der Waals surface area contributed by atoms with E-state index in [1.54, 1.807) is 6.20 Å². The minimum Gasteiger partial charge on any atom is -0.256 e. The second-order valence-electron chi connectivity index (χ2n) is 2.43. The monoisotopic (exact) mass is 226 g/mol. The molecule has 0 amide bonds. The lowest BCUT2D eigenvalue weighted by molar-refractivity contribution is 0.918. The molecule has 1 rings (SSSR count). The molecule has 0 aromatic carbocycles. The topological polar surface area (TPSA) is 25.8 Å². The van der Waals surface area contributed by atoms with E-state index in [2.05, 4.69) is 39.4 Å². The maximum Gasteiger partial charge on any atom is 0.124 e. The number of hydrogen-bond donors (Lipinski definition) is 0. The molecule has 64 valence electrons. The molecule has 0 N–H and O–H groups in total. The molecule has 0 unspecified atom stereocenters. The molecular weight excluding hydrogens is 216 g/mol. The van der Waals surface area contributed by atoms with Gasteiger partial charge < -0.3 is 0 Å². The summed E-state index contributed by atoms with van der Waals surface area (Å²) < 4.78 is 0.798. The predicted octanol–water partition coefficient (Wildman–Crippen LogP) is 2.53. The maximum absolute atomic E-state index is 4.32. The number of halogens is 1. The summed E-state index contributed by atoms with van der Waals surface area (Å²) >= 11 is 3.29. The average molecular weight is 227 g/mol. The Hall–Kier alpha value is -0.700. The lowest BCUT2D eigenvalue weighted by atomic mass is 10.2. The molecule has 3 heteroatoms. The fourth-order valence-electron chi connectivity index (χ4n) is 1.02. The van der Waals surface area contributed by atoms with E-state index in [0.717, 1.165) is 28.8 Å². The van der Waals surface area contributed by atoms with Crippen molar-refractivity contribution < 1.29 is 0 Å². The summed E-state index contributed by atoms with van der Waals surface area (Å²) in [6.07, 6.45) is 5.27. The third kappa shape index (κ3) is 2.14. The van der Waals surface area contributed by atoms with Gasteiger partial charge in [-0.25, -0.2) is 4.98 Å². The molecule has 12 heavy (non-hydrogen) atoms. The fraction of sp³-hybridized carbons (Fsp3) is 0.333. The van der Waals surface area contributed by atoms with Crippen LogP contribution in [0.4, 0.5) is 0 Å². The number of hydrogen-bond acceptors (Lipinski definition) is 2. The van der Waals surface area contributed by atoms with Crippen molar-refractivity contribution in [2.45, 2.75) is 19.8 Å². The zero-order valence-electron chi connectivity index (χ0n) is 7.05. The van der Waals surface area contributed by atoms with Gasteiger partial charge in [-0.15, -0.1) is 6.58 Å². The van der Waals surface area contributed by atoms with Gasteiger partial charge in [0.2, 0.25) is 0 Å². The van der Waals surface area contributed by atoms with E-state index in [9.17, 15) is 0 Å². The van der Waals surface area contributed by atoms with Crippen molar-refractivity contribution in [2.24, 2.45) is 0 Å². The summed E-state index contributed by atoms with van der Waals surface area (Å²) in [5.74, 6) is 0. The van der Waals surface area contributed by atoms with Crippen LogP contribution >= 0.6 is 15.9 Å². The van der Waals surface area contributed by atoms with E-state index < -0.39 is 0 Å². The molecule has 0 aliphatic rings. The van der Waals surface area contributed by atoms with Crippen molar-refractivity contribution in [3.05, 3.63) is 34.8 Å². The highest BCUT2D eigenvalue weighted by Crippen LogP contribution is 2.10. The van der Waals surface area contributed by atoms with Gasteiger partial charge in [0, 0.05) is 6.42 Å². The number of nitrogens with zero attached hydrogens (tertiary/aromatic N) is 2. The predicted molar refractivity (Wildman–Crippen MR) is 53.0 cm³/mol. The summed E-state index contributed by atoms with van der Waals surface area (Å²) in [4.78, 5) is 8.57. The second kappa shape index (κ2) is 4.36. The van der Waals surface area contributed by atoms with Crippen molar-refractivity contribution in [2.75, 3.05) is 0 Å². The SMILES string of the molecule is C=CCc1ncc(Br)nc1CC. The highest BCUT2D eigenvalue weighted by atomic mass is 79.9. The molecule has 0 aliphatic heterocycles. The van der Waals surface area contributed by atoms with Gasteiger partial charge in [-0.05, 0) is 22.4 Å². The van der Waals surface area contributed by atoms with Crippen LogP contribution in [-0.2, 0) is 12.8 Å². The summed E-state index contributed by atoms with van der Waals surface area (Å²) in [6, 6.07) is 0. The minimum atomic E-state index is 0.795.